The lowest BCUT2D eigenvalue weighted by molar-refractivity contribution is -0.137. The van der Waals surface area contributed by atoms with Crippen molar-refractivity contribution in [2.75, 3.05) is 13.1 Å². The van der Waals surface area contributed by atoms with Crippen LogP contribution in [0.5, 0.6) is 0 Å². The highest BCUT2D eigenvalue weighted by Gasteiger charge is 2.29. The van der Waals surface area contributed by atoms with Gasteiger partial charge in [-0.1, -0.05) is 25.0 Å². The molecule has 1 fully saturated rings. The van der Waals surface area contributed by atoms with Gasteiger partial charge in [0.1, 0.15) is 0 Å². The summed E-state index contributed by atoms with van der Waals surface area (Å²) in [6, 6.07) is 4.85. The fourth-order valence-corrected chi connectivity index (χ4v) is 2.77. The highest BCUT2D eigenvalue weighted by atomic mass is 19.4. The highest BCUT2D eigenvalue weighted by Crippen LogP contribution is 2.29. The second-order valence-corrected chi connectivity index (χ2v) is 5.99. The van der Waals surface area contributed by atoms with Gasteiger partial charge in [0.15, 0.2) is 0 Å². The van der Waals surface area contributed by atoms with Crippen LogP contribution in [0, 0.1) is 5.92 Å². The summed E-state index contributed by atoms with van der Waals surface area (Å²) in [7, 11) is 0. The zero-order valence-electron chi connectivity index (χ0n) is 13.3. The summed E-state index contributed by atoms with van der Waals surface area (Å²) in [5.74, 6) is -0.358. The van der Waals surface area contributed by atoms with E-state index >= 15 is 0 Å². The smallest absolute Gasteiger partial charge is 0.354 e. The van der Waals surface area contributed by atoms with Crippen LogP contribution in [-0.4, -0.2) is 24.9 Å². The maximum Gasteiger partial charge on any atom is 0.416 e. The Hall–Kier alpha value is -2.05. The molecule has 0 radical (unpaired) electrons. The van der Waals surface area contributed by atoms with Crippen LogP contribution >= 0.6 is 0 Å². The van der Waals surface area contributed by atoms with E-state index in [4.69, 9.17) is 0 Å². The van der Waals surface area contributed by atoms with Crippen LogP contribution in [0.4, 0.5) is 13.2 Å². The Morgan fingerprint density at radius 1 is 1.04 bits per heavy atom. The van der Waals surface area contributed by atoms with Crippen molar-refractivity contribution in [1.82, 2.24) is 10.6 Å². The highest BCUT2D eigenvalue weighted by molar-refractivity contribution is 5.85. The molecule has 0 aliphatic heterocycles. The molecule has 1 saturated carbocycles. The average molecular weight is 342 g/mol. The fourth-order valence-electron chi connectivity index (χ4n) is 2.77. The molecule has 1 aromatic rings. The van der Waals surface area contributed by atoms with Crippen molar-refractivity contribution in [3.05, 3.63) is 35.4 Å². The molecule has 0 unspecified atom stereocenters. The fraction of sp³-hybridized carbons (Fsp3) is 0.529. The molecule has 2 rings (SSSR count). The standard InChI is InChI=1S/C17H21F3N2O2/c18-17(19,20)14-7-5-12(6-8-14)9-10-21-15(23)11-22-16(24)13-3-1-2-4-13/h5-8,13H,1-4,9-11H2,(H,21,23)(H,22,24). The number of amides is 2. The van der Waals surface area contributed by atoms with Crippen molar-refractivity contribution >= 4 is 11.8 Å². The first-order valence-corrected chi connectivity index (χ1v) is 8.07. The maximum absolute atomic E-state index is 12.4. The monoisotopic (exact) mass is 342 g/mol. The summed E-state index contributed by atoms with van der Waals surface area (Å²) in [5, 5.41) is 5.27. The SMILES string of the molecule is O=C(CNC(=O)C1CCCC1)NCCc1ccc(C(F)(F)F)cc1. The summed E-state index contributed by atoms with van der Waals surface area (Å²) in [5.41, 5.74) is 0.0169. The molecular formula is C17H21F3N2O2. The van der Waals surface area contributed by atoms with Gasteiger partial charge in [0.25, 0.3) is 0 Å². The molecule has 4 nitrogen and oxygen atoms in total. The molecule has 7 heteroatoms. The molecule has 1 aliphatic carbocycles. The molecule has 24 heavy (non-hydrogen) atoms. The first kappa shape index (κ1) is 18.3. The molecule has 0 atom stereocenters. The lowest BCUT2D eigenvalue weighted by Gasteiger charge is -2.11. The Balaban J connectivity index is 1.66. The molecule has 1 aromatic carbocycles. The molecule has 0 saturated heterocycles. The van der Waals surface area contributed by atoms with Gasteiger partial charge in [-0.25, -0.2) is 0 Å². The predicted octanol–water partition coefficient (Wildman–Crippen LogP) is 2.67. The van der Waals surface area contributed by atoms with Crippen molar-refractivity contribution in [3.8, 4) is 0 Å². The van der Waals surface area contributed by atoms with Crippen LogP contribution in [-0.2, 0) is 22.2 Å². The van der Waals surface area contributed by atoms with Crippen LogP contribution in [0.25, 0.3) is 0 Å². The van der Waals surface area contributed by atoms with Crippen molar-refractivity contribution in [2.45, 2.75) is 38.3 Å². The van der Waals surface area contributed by atoms with E-state index in [1.54, 1.807) is 0 Å². The number of halogens is 3. The van der Waals surface area contributed by atoms with Gasteiger partial charge >= 0.3 is 6.18 Å². The average Bonchev–Trinajstić information content (AvgIpc) is 3.07. The quantitative estimate of drug-likeness (QED) is 0.835. The predicted molar refractivity (Wildman–Crippen MR) is 83.1 cm³/mol. The van der Waals surface area contributed by atoms with Gasteiger partial charge in [-0.3, -0.25) is 9.59 Å². The topological polar surface area (TPSA) is 58.2 Å². The molecular weight excluding hydrogens is 321 g/mol. The van der Waals surface area contributed by atoms with E-state index in [2.05, 4.69) is 10.6 Å². The van der Waals surface area contributed by atoms with Crippen molar-refractivity contribution in [3.63, 3.8) is 0 Å². The zero-order valence-corrected chi connectivity index (χ0v) is 13.3. The number of hydrogen-bond acceptors (Lipinski definition) is 2. The minimum Gasteiger partial charge on any atom is -0.354 e. The summed E-state index contributed by atoms with van der Waals surface area (Å²) >= 11 is 0. The summed E-state index contributed by atoms with van der Waals surface area (Å²) in [6.45, 7) is 0.242. The van der Waals surface area contributed by atoms with Crippen LogP contribution in [0.2, 0.25) is 0 Å². The van der Waals surface area contributed by atoms with Crippen molar-refractivity contribution in [2.24, 2.45) is 5.92 Å². The summed E-state index contributed by atoms with van der Waals surface area (Å²) in [6.07, 6.45) is -0.0533. The zero-order chi connectivity index (χ0) is 17.6. The second kappa shape index (κ2) is 8.17. The third-order valence-electron chi connectivity index (χ3n) is 4.17. The number of rotatable bonds is 6. The van der Waals surface area contributed by atoms with Gasteiger partial charge in [0, 0.05) is 12.5 Å². The minimum atomic E-state index is -4.34. The van der Waals surface area contributed by atoms with E-state index in [0.29, 0.717) is 18.5 Å². The van der Waals surface area contributed by atoms with Gasteiger partial charge in [0.05, 0.1) is 12.1 Å². The van der Waals surface area contributed by atoms with E-state index in [1.165, 1.54) is 12.1 Å². The molecule has 0 bridgehead atoms. The van der Waals surface area contributed by atoms with Crippen molar-refractivity contribution in [1.29, 1.82) is 0 Å². The summed E-state index contributed by atoms with van der Waals surface area (Å²) in [4.78, 5) is 23.4. The van der Waals surface area contributed by atoms with E-state index in [1.807, 2.05) is 0 Å². The molecule has 0 aromatic heterocycles. The van der Waals surface area contributed by atoms with Crippen LogP contribution < -0.4 is 10.6 Å². The second-order valence-electron chi connectivity index (χ2n) is 5.99. The van der Waals surface area contributed by atoms with E-state index in [0.717, 1.165) is 37.8 Å². The Kier molecular flexibility index (Phi) is 6.23. The van der Waals surface area contributed by atoms with Crippen LogP contribution in [0.15, 0.2) is 24.3 Å². The Morgan fingerprint density at radius 3 is 2.25 bits per heavy atom. The lowest BCUT2D eigenvalue weighted by atomic mass is 10.1. The van der Waals surface area contributed by atoms with Crippen LogP contribution in [0.1, 0.15) is 36.8 Å². The van der Waals surface area contributed by atoms with Gasteiger partial charge in [-0.2, -0.15) is 13.2 Å². The van der Waals surface area contributed by atoms with E-state index in [9.17, 15) is 22.8 Å². The van der Waals surface area contributed by atoms with Crippen LogP contribution in [0.3, 0.4) is 0 Å². The normalized spacial score (nSPS) is 15.3. The number of carbonyl (C=O) groups is 2. The summed E-state index contributed by atoms with van der Waals surface area (Å²) < 4.78 is 37.3. The largest absolute Gasteiger partial charge is 0.416 e. The molecule has 2 amide bonds. The van der Waals surface area contributed by atoms with E-state index < -0.39 is 11.7 Å². The molecule has 0 heterocycles. The third kappa shape index (κ3) is 5.54. The van der Waals surface area contributed by atoms with Gasteiger partial charge < -0.3 is 10.6 Å². The first-order valence-electron chi connectivity index (χ1n) is 8.07. The number of nitrogens with one attached hydrogen (secondary N) is 2. The van der Waals surface area contributed by atoms with Gasteiger partial charge in [-0.15, -0.1) is 0 Å². The van der Waals surface area contributed by atoms with Gasteiger partial charge in [0.2, 0.25) is 11.8 Å². The first-order chi connectivity index (χ1) is 11.4. The Morgan fingerprint density at radius 2 is 1.67 bits per heavy atom. The lowest BCUT2D eigenvalue weighted by Crippen LogP contribution is -2.39. The Bertz CT molecular complexity index is 564. The molecule has 2 N–H and O–H groups in total. The number of benzene rings is 1. The molecule has 132 valence electrons. The minimum absolute atomic E-state index is 0.0185. The van der Waals surface area contributed by atoms with Crippen molar-refractivity contribution < 1.29 is 22.8 Å². The molecule has 1 aliphatic rings. The number of alkyl halides is 3. The third-order valence-corrected chi connectivity index (χ3v) is 4.17. The van der Waals surface area contributed by atoms with E-state index in [-0.39, 0.29) is 24.3 Å². The maximum atomic E-state index is 12.4. The van der Waals surface area contributed by atoms with Gasteiger partial charge in [-0.05, 0) is 37.0 Å². The number of carbonyl (C=O) groups excluding carboxylic acids is 2. The molecule has 0 spiro atoms. The Labute approximate surface area is 138 Å². The number of hydrogen-bond donors (Lipinski definition) is 2.